The molecular weight excluding hydrogens is 258 g/mol. The maximum Gasteiger partial charge on any atom is 0.274 e. The smallest absolute Gasteiger partial charge is 0.274 e. The van der Waals surface area contributed by atoms with E-state index in [4.69, 9.17) is 0 Å². The first-order valence-electron chi connectivity index (χ1n) is 7.03. The van der Waals surface area contributed by atoms with Crippen LogP contribution in [0.5, 0.6) is 0 Å². The molecule has 6 nitrogen and oxygen atoms in total. The number of hydrogen-bond donors (Lipinski definition) is 3. The van der Waals surface area contributed by atoms with Gasteiger partial charge in [-0.2, -0.15) is 0 Å². The van der Waals surface area contributed by atoms with Crippen LogP contribution in [-0.4, -0.2) is 52.5 Å². The Morgan fingerprint density at radius 1 is 1.40 bits per heavy atom. The lowest BCUT2D eigenvalue weighted by Crippen LogP contribution is -2.45. The Bertz CT molecular complexity index is 445. The second-order valence-corrected chi connectivity index (χ2v) is 5.12. The average molecular weight is 279 g/mol. The minimum Gasteiger partial charge on any atom is -0.395 e. The van der Waals surface area contributed by atoms with Crippen molar-refractivity contribution in [1.82, 2.24) is 15.2 Å². The van der Waals surface area contributed by atoms with Crippen LogP contribution in [0.1, 0.15) is 36.2 Å². The van der Waals surface area contributed by atoms with E-state index in [0.29, 0.717) is 5.69 Å². The van der Waals surface area contributed by atoms with Gasteiger partial charge < -0.3 is 10.1 Å². The van der Waals surface area contributed by atoms with E-state index in [0.717, 1.165) is 32.2 Å². The van der Waals surface area contributed by atoms with Crippen molar-refractivity contribution in [3.8, 4) is 0 Å². The van der Waals surface area contributed by atoms with Gasteiger partial charge in [-0.25, -0.2) is 0 Å². The molecule has 2 amide bonds. The topological polar surface area (TPSA) is 85.4 Å². The van der Waals surface area contributed by atoms with Gasteiger partial charge in [0.25, 0.3) is 5.91 Å². The maximum atomic E-state index is 11.9. The van der Waals surface area contributed by atoms with Crippen molar-refractivity contribution < 1.29 is 14.7 Å². The van der Waals surface area contributed by atoms with Gasteiger partial charge in [0, 0.05) is 12.2 Å². The third-order valence-electron chi connectivity index (χ3n) is 3.65. The lowest BCUT2D eigenvalue weighted by atomic mass is 10.1. The van der Waals surface area contributed by atoms with Crippen LogP contribution in [0.25, 0.3) is 0 Å². The summed E-state index contributed by atoms with van der Waals surface area (Å²) < 4.78 is 0. The van der Waals surface area contributed by atoms with Crippen LogP contribution >= 0.6 is 0 Å². The second-order valence-electron chi connectivity index (χ2n) is 5.12. The molecular formula is C14H21N3O3. The lowest BCUT2D eigenvalue weighted by Gasteiger charge is -2.27. The van der Waals surface area contributed by atoms with Gasteiger partial charge in [0.2, 0.25) is 5.91 Å². The number of hydrogen-bond acceptors (Lipinski definition) is 4. The monoisotopic (exact) mass is 279 g/mol. The highest BCUT2D eigenvalue weighted by molar-refractivity contribution is 6.04. The van der Waals surface area contributed by atoms with E-state index in [9.17, 15) is 14.7 Å². The van der Waals surface area contributed by atoms with E-state index in [1.165, 1.54) is 0 Å². The van der Waals surface area contributed by atoms with Crippen molar-refractivity contribution in [3.05, 3.63) is 24.0 Å². The fraction of sp³-hybridized carbons (Fsp3) is 0.571. The van der Waals surface area contributed by atoms with Gasteiger partial charge in [0.15, 0.2) is 0 Å². The zero-order chi connectivity index (χ0) is 14.4. The van der Waals surface area contributed by atoms with Gasteiger partial charge in [0.05, 0.1) is 13.2 Å². The number of nitrogens with zero attached hydrogens (tertiary/aromatic N) is 1. The number of carbonyl (C=O) groups excluding carboxylic acids is 2. The summed E-state index contributed by atoms with van der Waals surface area (Å²) in [4.78, 5) is 28.4. The number of imide groups is 1. The fourth-order valence-corrected chi connectivity index (χ4v) is 2.54. The predicted octanol–water partition coefficient (Wildman–Crippen LogP) is 0.508. The van der Waals surface area contributed by atoms with Gasteiger partial charge in [-0.1, -0.05) is 12.8 Å². The molecule has 0 saturated carbocycles. The first-order chi connectivity index (χ1) is 9.70. The molecule has 3 N–H and O–H groups in total. The van der Waals surface area contributed by atoms with Crippen molar-refractivity contribution in [1.29, 1.82) is 0 Å². The number of aliphatic hydroxyl groups excluding tert-OH is 1. The molecule has 0 bridgehead atoms. The SMILES string of the molecule is O=C(CN1CCCCCC1CO)NC(=O)c1ccc[nH]1. The Hall–Kier alpha value is -1.66. The Labute approximate surface area is 118 Å². The summed E-state index contributed by atoms with van der Waals surface area (Å²) in [5.74, 6) is -0.750. The number of rotatable bonds is 4. The summed E-state index contributed by atoms with van der Waals surface area (Å²) in [5, 5.41) is 11.7. The third kappa shape index (κ3) is 3.91. The van der Waals surface area contributed by atoms with Gasteiger partial charge in [-0.15, -0.1) is 0 Å². The summed E-state index contributed by atoms with van der Waals surface area (Å²) in [7, 11) is 0. The summed E-state index contributed by atoms with van der Waals surface area (Å²) >= 11 is 0. The van der Waals surface area contributed by atoms with Gasteiger partial charge >= 0.3 is 0 Å². The molecule has 1 fully saturated rings. The predicted molar refractivity (Wildman–Crippen MR) is 74.2 cm³/mol. The Kier molecular flexibility index (Phi) is 5.31. The zero-order valence-corrected chi connectivity index (χ0v) is 11.5. The molecule has 1 aliphatic rings. The minimum atomic E-state index is -0.421. The summed E-state index contributed by atoms with van der Waals surface area (Å²) in [6.07, 6.45) is 5.75. The highest BCUT2D eigenvalue weighted by Gasteiger charge is 2.23. The molecule has 0 aliphatic carbocycles. The largest absolute Gasteiger partial charge is 0.395 e. The molecule has 110 valence electrons. The Morgan fingerprint density at radius 3 is 2.95 bits per heavy atom. The van der Waals surface area contributed by atoms with E-state index >= 15 is 0 Å². The standard InChI is InChI=1S/C14H21N3O3/c18-10-11-5-2-1-3-8-17(11)9-13(19)16-14(20)12-6-4-7-15-12/h4,6-7,11,15,18H,1-3,5,8-10H2,(H,16,19,20). The molecule has 1 aliphatic heterocycles. The quantitative estimate of drug-likeness (QED) is 0.749. The minimum absolute atomic E-state index is 0.0174. The van der Waals surface area contributed by atoms with Crippen molar-refractivity contribution in [2.24, 2.45) is 0 Å². The summed E-state index contributed by atoms with van der Waals surface area (Å²) in [6, 6.07) is 3.34. The van der Waals surface area contributed by atoms with E-state index in [-0.39, 0.29) is 25.1 Å². The molecule has 2 heterocycles. The molecule has 20 heavy (non-hydrogen) atoms. The van der Waals surface area contributed by atoms with Crippen LogP contribution in [0.2, 0.25) is 0 Å². The van der Waals surface area contributed by atoms with E-state index in [2.05, 4.69) is 10.3 Å². The Morgan fingerprint density at radius 2 is 2.25 bits per heavy atom. The molecule has 0 spiro atoms. The molecule has 1 saturated heterocycles. The molecule has 0 aromatic carbocycles. The van der Waals surface area contributed by atoms with Crippen LogP contribution in [0.4, 0.5) is 0 Å². The van der Waals surface area contributed by atoms with Gasteiger partial charge in [0.1, 0.15) is 5.69 Å². The molecule has 1 aromatic heterocycles. The second kappa shape index (κ2) is 7.21. The van der Waals surface area contributed by atoms with Crippen LogP contribution in [0, 0.1) is 0 Å². The normalized spacial score (nSPS) is 20.4. The summed E-state index contributed by atoms with van der Waals surface area (Å²) in [6.45, 7) is 0.991. The maximum absolute atomic E-state index is 11.9. The molecule has 2 rings (SSSR count). The number of aromatic amines is 1. The fourth-order valence-electron chi connectivity index (χ4n) is 2.54. The van der Waals surface area contributed by atoms with Crippen LogP contribution in [0.15, 0.2) is 18.3 Å². The van der Waals surface area contributed by atoms with Crippen LogP contribution < -0.4 is 5.32 Å². The van der Waals surface area contributed by atoms with E-state index in [1.807, 2.05) is 4.90 Å². The number of nitrogens with one attached hydrogen (secondary N) is 2. The number of aromatic nitrogens is 1. The lowest BCUT2D eigenvalue weighted by molar-refractivity contribution is -0.122. The van der Waals surface area contributed by atoms with Crippen molar-refractivity contribution in [2.45, 2.75) is 31.7 Å². The molecule has 1 unspecified atom stereocenters. The molecule has 6 heteroatoms. The highest BCUT2D eigenvalue weighted by atomic mass is 16.3. The third-order valence-corrected chi connectivity index (χ3v) is 3.65. The van der Waals surface area contributed by atoms with Gasteiger partial charge in [-0.05, 0) is 31.5 Å². The Balaban J connectivity index is 1.87. The molecule has 0 radical (unpaired) electrons. The molecule has 1 atom stereocenters. The number of carbonyl (C=O) groups is 2. The average Bonchev–Trinajstić information content (AvgIpc) is 2.87. The van der Waals surface area contributed by atoms with Crippen molar-refractivity contribution in [2.75, 3.05) is 19.7 Å². The number of H-pyrrole nitrogens is 1. The zero-order valence-electron chi connectivity index (χ0n) is 11.5. The number of likely N-dealkylation sites (tertiary alicyclic amines) is 1. The van der Waals surface area contributed by atoms with Crippen LogP contribution in [-0.2, 0) is 4.79 Å². The highest BCUT2D eigenvalue weighted by Crippen LogP contribution is 2.15. The van der Waals surface area contributed by atoms with E-state index < -0.39 is 5.91 Å². The number of amides is 2. The van der Waals surface area contributed by atoms with Crippen molar-refractivity contribution >= 4 is 11.8 Å². The van der Waals surface area contributed by atoms with Crippen LogP contribution in [0.3, 0.4) is 0 Å². The molecule has 1 aromatic rings. The number of aliphatic hydroxyl groups is 1. The van der Waals surface area contributed by atoms with Crippen molar-refractivity contribution in [3.63, 3.8) is 0 Å². The van der Waals surface area contributed by atoms with E-state index in [1.54, 1.807) is 18.3 Å². The van der Waals surface area contributed by atoms with Gasteiger partial charge in [-0.3, -0.25) is 19.8 Å². The summed E-state index contributed by atoms with van der Waals surface area (Å²) in [5.41, 5.74) is 0.368. The first-order valence-corrected chi connectivity index (χ1v) is 7.03. The first kappa shape index (κ1) is 14.7.